The van der Waals surface area contributed by atoms with Crippen LogP contribution < -0.4 is 15.4 Å². The number of nitrogens with one attached hydrogen (secondary N) is 3. The first kappa shape index (κ1) is 22.7. The maximum atomic E-state index is 12.8. The Bertz CT molecular complexity index is 1400. The summed E-state index contributed by atoms with van der Waals surface area (Å²) >= 11 is 1.69. The van der Waals surface area contributed by atoms with Crippen molar-refractivity contribution in [1.29, 1.82) is 0 Å². The van der Waals surface area contributed by atoms with Crippen LogP contribution in [0.3, 0.4) is 0 Å². The molecular weight excluding hydrogens is 474 g/mol. The van der Waals surface area contributed by atoms with Crippen LogP contribution >= 0.6 is 11.3 Å². The van der Waals surface area contributed by atoms with Crippen molar-refractivity contribution in [3.63, 3.8) is 0 Å². The third kappa shape index (κ3) is 4.57. The molecule has 4 aromatic rings. The fourth-order valence-electron chi connectivity index (χ4n) is 4.66. The lowest BCUT2D eigenvalue weighted by Crippen LogP contribution is -2.25. The van der Waals surface area contributed by atoms with Crippen molar-refractivity contribution in [2.75, 3.05) is 25.5 Å². The van der Waals surface area contributed by atoms with Crippen LogP contribution in [-0.2, 0) is 32.5 Å². The molecule has 0 fully saturated rings. The molecule has 1 aromatic carbocycles. The van der Waals surface area contributed by atoms with E-state index < -0.39 is 0 Å². The van der Waals surface area contributed by atoms with Gasteiger partial charge in [0.05, 0.1) is 25.0 Å². The van der Waals surface area contributed by atoms with E-state index >= 15 is 0 Å². The summed E-state index contributed by atoms with van der Waals surface area (Å²) in [6.45, 7) is 3.60. The number of fused-ring (bicyclic) bond motifs is 2. The summed E-state index contributed by atoms with van der Waals surface area (Å²) in [4.78, 5) is 25.8. The molecule has 3 N–H and O–H groups in total. The van der Waals surface area contributed by atoms with Crippen molar-refractivity contribution in [2.45, 2.75) is 32.5 Å². The molecule has 184 valence electrons. The summed E-state index contributed by atoms with van der Waals surface area (Å²) in [5.41, 5.74) is 5.78. The molecule has 2 aliphatic rings. The molecule has 36 heavy (non-hydrogen) atoms. The van der Waals surface area contributed by atoms with Crippen molar-refractivity contribution < 1.29 is 9.53 Å². The van der Waals surface area contributed by atoms with Crippen LogP contribution in [0.2, 0.25) is 0 Å². The Kier molecular flexibility index (Phi) is 6.12. The van der Waals surface area contributed by atoms with Crippen LogP contribution in [-0.4, -0.2) is 51.2 Å². The van der Waals surface area contributed by atoms with E-state index in [-0.39, 0.29) is 5.91 Å². The van der Waals surface area contributed by atoms with Gasteiger partial charge < -0.3 is 20.3 Å². The minimum atomic E-state index is -0.0981. The topological polar surface area (TPSA) is 108 Å². The van der Waals surface area contributed by atoms with Gasteiger partial charge in [0.25, 0.3) is 5.91 Å². The molecule has 0 spiro atoms. The Balaban J connectivity index is 1.10. The van der Waals surface area contributed by atoms with Crippen LogP contribution in [0.15, 0.2) is 42.9 Å². The van der Waals surface area contributed by atoms with Crippen LogP contribution in [0.5, 0.6) is 5.75 Å². The number of pyridine rings is 1. The van der Waals surface area contributed by atoms with Crippen molar-refractivity contribution in [1.82, 2.24) is 30.4 Å². The molecule has 0 aliphatic carbocycles. The van der Waals surface area contributed by atoms with E-state index in [0.717, 1.165) is 64.8 Å². The number of thiazole rings is 1. The molecule has 0 atom stereocenters. The van der Waals surface area contributed by atoms with Crippen molar-refractivity contribution in [2.24, 2.45) is 0 Å². The van der Waals surface area contributed by atoms with Gasteiger partial charge in [-0.2, -0.15) is 5.10 Å². The first-order valence-electron chi connectivity index (χ1n) is 12.0. The van der Waals surface area contributed by atoms with E-state index in [1.165, 1.54) is 10.6 Å². The summed E-state index contributed by atoms with van der Waals surface area (Å²) in [7, 11) is 2.12. The number of amides is 1. The van der Waals surface area contributed by atoms with Gasteiger partial charge in [-0.15, -0.1) is 11.3 Å². The molecule has 2 aliphatic heterocycles. The molecule has 0 unspecified atom stereocenters. The summed E-state index contributed by atoms with van der Waals surface area (Å²) < 4.78 is 5.91. The molecule has 0 radical (unpaired) electrons. The predicted molar refractivity (Wildman–Crippen MR) is 138 cm³/mol. The average Bonchev–Trinajstić information content (AvgIpc) is 3.66. The molecular formula is C26H27N7O2S. The number of hydrogen-bond donors (Lipinski definition) is 3. The fourth-order valence-corrected chi connectivity index (χ4v) is 5.80. The SMILES string of the molecule is CN1CCc2nc(CNC(=O)c3cccc(CNc4ncc(-c5cn[nH]c5)c5c4CCO5)c3)sc2C1. The summed E-state index contributed by atoms with van der Waals surface area (Å²) in [6.07, 6.45) is 7.19. The third-order valence-electron chi connectivity index (χ3n) is 6.55. The number of carbonyl (C=O) groups is 1. The van der Waals surface area contributed by atoms with Gasteiger partial charge >= 0.3 is 0 Å². The van der Waals surface area contributed by atoms with E-state index in [0.29, 0.717) is 25.3 Å². The van der Waals surface area contributed by atoms with Gasteiger partial charge in [0, 0.05) is 72.0 Å². The standard InChI is InChI=1S/C26H27N7O2S/c1-33-7-5-21-22(15-33)36-23(32-21)14-29-26(34)17-4-2-3-16(9-17)10-27-25-19-6-8-35-24(19)20(13-28-25)18-11-30-31-12-18/h2-4,9,11-13H,5-8,10,14-15H2,1H3,(H,27,28)(H,29,34)(H,30,31). The van der Waals surface area contributed by atoms with E-state index in [1.54, 1.807) is 17.5 Å². The van der Waals surface area contributed by atoms with Crippen molar-refractivity contribution >= 4 is 23.1 Å². The first-order chi connectivity index (χ1) is 17.6. The van der Waals surface area contributed by atoms with Crippen LogP contribution in [0, 0.1) is 0 Å². The fraction of sp³-hybridized carbons (Fsp3) is 0.308. The number of ether oxygens (including phenoxy) is 1. The zero-order chi connectivity index (χ0) is 24.5. The zero-order valence-corrected chi connectivity index (χ0v) is 20.8. The number of H-pyrrole nitrogens is 1. The number of anilines is 1. The molecule has 9 nitrogen and oxygen atoms in total. The summed E-state index contributed by atoms with van der Waals surface area (Å²) in [5, 5.41) is 14.3. The lowest BCUT2D eigenvalue weighted by Gasteiger charge is -2.20. The minimum absolute atomic E-state index is 0.0981. The number of hydrogen-bond acceptors (Lipinski definition) is 8. The minimum Gasteiger partial charge on any atom is -0.492 e. The second-order valence-corrected chi connectivity index (χ2v) is 10.3. The summed E-state index contributed by atoms with van der Waals surface area (Å²) in [5.74, 6) is 1.57. The van der Waals surface area contributed by atoms with Gasteiger partial charge in [-0.05, 0) is 24.7 Å². The molecule has 10 heteroatoms. The predicted octanol–water partition coefficient (Wildman–Crippen LogP) is 3.39. The van der Waals surface area contributed by atoms with Crippen LogP contribution in [0.25, 0.3) is 11.1 Å². The lowest BCUT2D eigenvalue weighted by atomic mass is 10.1. The van der Waals surface area contributed by atoms with Gasteiger partial charge in [0.2, 0.25) is 0 Å². The quantitative estimate of drug-likeness (QED) is 0.356. The number of rotatable bonds is 7. The summed E-state index contributed by atoms with van der Waals surface area (Å²) in [6, 6.07) is 7.67. The van der Waals surface area contributed by atoms with Gasteiger partial charge in [0.15, 0.2) is 0 Å². The Morgan fingerprint density at radius 3 is 3.08 bits per heavy atom. The smallest absolute Gasteiger partial charge is 0.251 e. The highest BCUT2D eigenvalue weighted by Crippen LogP contribution is 2.39. The molecule has 3 aromatic heterocycles. The average molecular weight is 502 g/mol. The third-order valence-corrected chi connectivity index (χ3v) is 7.63. The van der Waals surface area contributed by atoms with E-state index in [1.807, 2.05) is 36.7 Å². The first-order valence-corrected chi connectivity index (χ1v) is 12.9. The normalized spacial score (nSPS) is 14.7. The Labute approximate surface area is 212 Å². The van der Waals surface area contributed by atoms with Gasteiger partial charge in [0.1, 0.15) is 16.6 Å². The molecule has 0 bridgehead atoms. The van der Waals surface area contributed by atoms with Gasteiger partial charge in [-0.1, -0.05) is 12.1 Å². The highest BCUT2D eigenvalue weighted by molar-refractivity contribution is 7.11. The van der Waals surface area contributed by atoms with Crippen LogP contribution in [0.1, 0.15) is 37.1 Å². The number of likely N-dealkylation sites (N-methyl/N-ethyl adjacent to an activating group) is 1. The Hall–Kier alpha value is -3.76. The lowest BCUT2D eigenvalue weighted by molar-refractivity contribution is 0.0950. The van der Waals surface area contributed by atoms with Crippen LogP contribution in [0.4, 0.5) is 5.82 Å². The van der Waals surface area contributed by atoms with Gasteiger partial charge in [-0.3, -0.25) is 9.89 Å². The number of benzene rings is 1. The second-order valence-electron chi connectivity index (χ2n) is 9.12. The monoisotopic (exact) mass is 501 g/mol. The van der Waals surface area contributed by atoms with E-state index in [9.17, 15) is 4.79 Å². The molecule has 0 saturated heterocycles. The van der Waals surface area contributed by atoms with Crippen molar-refractivity contribution in [3.8, 4) is 16.9 Å². The maximum absolute atomic E-state index is 12.8. The maximum Gasteiger partial charge on any atom is 0.251 e. The Morgan fingerprint density at radius 2 is 2.19 bits per heavy atom. The Morgan fingerprint density at radius 1 is 1.25 bits per heavy atom. The number of carbonyl (C=O) groups excluding carboxylic acids is 1. The number of nitrogens with zero attached hydrogens (tertiary/aromatic N) is 4. The highest BCUT2D eigenvalue weighted by atomic mass is 32.1. The van der Waals surface area contributed by atoms with E-state index in [4.69, 9.17) is 9.72 Å². The zero-order valence-electron chi connectivity index (χ0n) is 20.0. The largest absolute Gasteiger partial charge is 0.492 e. The highest BCUT2D eigenvalue weighted by Gasteiger charge is 2.23. The molecule has 0 saturated carbocycles. The van der Waals surface area contributed by atoms with Gasteiger partial charge in [-0.25, -0.2) is 9.97 Å². The molecule has 1 amide bonds. The van der Waals surface area contributed by atoms with E-state index in [2.05, 4.69) is 37.8 Å². The molecule has 5 heterocycles. The number of aromatic nitrogens is 4. The second kappa shape index (κ2) is 9.71. The molecule has 6 rings (SSSR count). The number of aromatic amines is 1. The van der Waals surface area contributed by atoms with Crippen molar-refractivity contribution in [3.05, 3.63) is 75.1 Å².